The largest absolute Gasteiger partial charge is 0.466 e. The molecule has 5 rings (SSSR count). The van der Waals surface area contributed by atoms with Crippen LogP contribution in [0, 0.1) is 5.82 Å². The first-order valence-electron chi connectivity index (χ1n) is 11.7. The zero-order valence-electron chi connectivity index (χ0n) is 19.7. The number of para-hydroxylation sites is 1. The molecule has 180 valence electrons. The van der Waals surface area contributed by atoms with E-state index >= 15 is 0 Å². The summed E-state index contributed by atoms with van der Waals surface area (Å²) in [5.41, 5.74) is 4.02. The van der Waals surface area contributed by atoms with Crippen LogP contribution in [0.15, 0.2) is 84.9 Å². The SMILES string of the molecule is CCOC(=O)Cc1nn(Cc2ccc(N(C=O)c3ccc4cc(F)ccc4c3)cc2)c2ccccc12. The highest BCUT2D eigenvalue weighted by atomic mass is 19.1. The lowest BCUT2D eigenvalue weighted by atomic mass is 10.1. The number of carbonyl (C=O) groups is 2. The summed E-state index contributed by atoms with van der Waals surface area (Å²) in [6.07, 6.45) is 0.884. The van der Waals surface area contributed by atoms with Crippen LogP contribution < -0.4 is 4.90 Å². The summed E-state index contributed by atoms with van der Waals surface area (Å²) < 4.78 is 20.5. The maximum Gasteiger partial charge on any atom is 0.311 e. The molecular formula is C29H24FN3O3. The van der Waals surface area contributed by atoms with Gasteiger partial charge in [-0.1, -0.05) is 42.5 Å². The number of amides is 1. The lowest BCUT2D eigenvalue weighted by Gasteiger charge is -2.18. The molecule has 36 heavy (non-hydrogen) atoms. The Labute approximate surface area is 207 Å². The third-order valence-corrected chi connectivity index (χ3v) is 6.07. The van der Waals surface area contributed by atoms with Crippen LogP contribution >= 0.6 is 0 Å². The molecule has 0 saturated carbocycles. The Hall–Kier alpha value is -4.52. The standard InChI is InChI=1S/C29H24FN3O3/c1-2-36-29(35)17-27-26-5-3-4-6-28(26)33(31-27)18-20-7-12-24(13-8-20)32(19-34)25-14-10-21-15-23(30)11-9-22(21)16-25/h3-16,19H,2,17-18H2,1H3. The lowest BCUT2D eigenvalue weighted by molar-refractivity contribution is -0.142. The van der Waals surface area contributed by atoms with E-state index in [1.54, 1.807) is 30.0 Å². The highest BCUT2D eigenvalue weighted by Crippen LogP contribution is 2.28. The number of ether oxygens (including phenoxy) is 1. The van der Waals surface area contributed by atoms with Gasteiger partial charge in [-0.05, 0) is 65.7 Å². The predicted molar refractivity (Wildman–Crippen MR) is 138 cm³/mol. The van der Waals surface area contributed by atoms with Gasteiger partial charge in [-0.15, -0.1) is 0 Å². The third kappa shape index (κ3) is 4.68. The van der Waals surface area contributed by atoms with Crippen molar-refractivity contribution in [3.8, 4) is 0 Å². The molecule has 0 atom stereocenters. The molecule has 1 heterocycles. The molecule has 7 heteroatoms. The topological polar surface area (TPSA) is 64.4 Å². The first kappa shape index (κ1) is 23.2. The summed E-state index contributed by atoms with van der Waals surface area (Å²) in [5.74, 6) is -0.596. The summed E-state index contributed by atoms with van der Waals surface area (Å²) in [4.78, 5) is 25.6. The van der Waals surface area contributed by atoms with E-state index in [1.807, 2.05) is 59.3 Å². The summed E-state index contributed by atoms with van der Waals surface area (Å²) in [6, 6.07) is 25.5. The first-order chi connectivity index (χ1) is 17.6. The maximum absolute atomic E-state index is 13.5. The number of hydrogen-bond acceptors (Lipinski definition) is 4. The van der Waals surface area contributed by atoms with Gasteiger partial charge >= 0.3 is 5.97 Å². The molecule has 6 nitrogen and oxygen atoms in total. The number of aromatic nitrogens is 2. The van der Waals surface area contributed by atoms with Crippen molar-refractivity contribution in [2.24, 2.45) is 0 Å². The van der Waals surface area contributed by atoms with Crippen LogP contribution in [-0.4, -0.2) is 28.8 Å². The van der Waals surface area contributed by atoms with Gasteiger partial charge in [0.05, 0.1) is 30.8 Å². The zero-order valence-corrected chi connectivity index (χ0v) is 19.7. The van der Waals surface area contributed by atoms with Crippen molar-refractivity contribution in [3.63, 3.8) is 0 Å². The number of benzene rings is 4. The van der Waals surface area contributed by atoms with Gasteiger partial charge in [0.25, 0.3) is 0 Å². The molecular weight excluding hydrogens is 457 g/mol. The van der Waals surface area contributed by atoms with Crippen molar-refractivity contribution >= 4 is 45.4 Å². The second kappa shape index (κ2) is 10.00. The summed E-state index contributed by atoms with van der Waals surface area (Å²) in [6.45, 7) is 2.62. The molecule has 1 aromatic heterocycles. The van der Waals surface area contributed by atoms with Gasteiger partial charge < -0.3 is 4.74 Å². The van der Waals surface area contributed by atoms with Crippen molar-refractivity contribution in [1.82, 2.24) is 9.78 Å². The Kier molecular flexibility index (Phi) is 6.45. The van der Waals surface area contributed by atoms with Gasteiger partial charge in [0, 0.05) is 16.8 Å². The van der Waals surface area contributed by atoms with Gasteiger partial charge in [0.15, 0.2) is 0 Å². The van der Waals surface area contributed by atoms with Crippen molar-refractivity contribution in [1.29, 1.82) is 0 Å². The van der Waals surface area contributed by atoms with Crippen molar-refractivity contribution in [2.45, 2.75) is 19.9 Å². The van der Waals surface area contributed by atoms with E-state index in [2.05, 4.69) is 5.10 Å². The zero-order chi connectivity index (χ0) is 25.1. The second-order valence-corrected chi connectivity index (χ2v) is 8.42. The molecule has 4 aromatic carbocycles. The molecule has 5 aromatic rings. The van der Waals surface area contributed by atoms with Gasteiger partial charge in [-0.3, -0.25) is 19.2 Å². The molecule has 0 radical (unpaired) electrons. The van der Waals surface area contributed by atoms with E-state index in [1.165, 1.54) is 12.1 Å². The first-order valence-corrected chi connectivity index (χ1v) is 11.7. The fraction of sp³-hybridized carbons (Fsp3) is 0.138. The van der Waals surface area contributed by atoms with Gasteiger partial charge in [0.1, 0.15) is 5.82 Å². The second-order valence-electron chi connectivity index (χ2n) is 8.42. The third-order valence-electron chi connectivity index (χ3n) is 6.07. The molecule has 0 bridgehead atoms. The van der Waals surface area contributed by atoms with E-state index in [0.717, 1.165) is 33.6 Å². The maximum atomic E-state index is 13.5. The molecule has 1 amide bonds. The predicted octanol–water partition coefficient (Wildman–Crippen LogP) is 5.78. The minimum absolute atomic E-state index is 0.118. The van der Waals surface area contributed by atoms with Crippen LogP contribution in [0.25, 0.3) is 21.7 Å². The van der Waals surface area contributed by atoms with Crippen LogP contribution in [0.4, 0.5) is 15.8 Å². The van der Waals surface area contributed by atoms with Crippen molar-refractivity contribution in [2.75, 3.05) is 11.5 Å². The molecule has 0 N–H and O–H groups in total. The fourth-order valence-corrected chi connectivity index (χ4v) is 4.36. The normalized spacial score (nSPS) is 11.1. The highest BCUT2D eigenvalue weighted by molar-refractivity contribution is 5.93. The quantitative estimate of drug-likeness (QED) is 0.208. The van der Waals surface area contributed by atoms with Crippen LogP contribution in [0.5, 0.6) is 0 Å². The molecule has 0 saturated heterocycles. The number of anilines is 2. The lowest BCUT2D eigenvalue weighted by Crippen LogP contribution is -2.14. The number of carbonyl (C=O) groups excluding carboxylic acids is 2. The number of halogens is 1. The van der Waals surface area contributed by atoms with Gasteiger partial charge in [-0.25, -0.2) is 4.39 Å². The van der Waals surface area contributed by atoms with Gasteiger partial charge in [-0.2, -0.15) is 5.10 Å². The van der Waals surface area contributed by atoms with Crippen LogP contribution in [0.1, 0.15) is 18.2 Å². The van der Waals surface area contributed by atoms with Crippen molar-refractivity contribution < 1.29 is 18.7 Å². The smallest absolute Gasteiger partial charge is 0.311 e. The minimum Gasteiger partial charge on any atom is -0.466 e. The Morgan fingerprint density at radius 3 is 2.47 bits per heavy atom. The van der Waals surface area contributed by atoms with E-state index in [0.29, 0.717) is 30.2 Å². The Balaban J connectivity index is 1.39. The Morgan fingerprint density at radius 2 is 1.69 bits per heavy atom. The average Bonchev–Trinajstić information content (AvgIpc) is 3.22. The Morgan fingerprint density at radius 1 is 0.972 bits per heavy atom. The number of fused-ring (bicyclic) bond motifs is 2. The monoisotopic (exact) mass is 481 g/mol. The number of rotatable bonds is 8. The van der Waals surface area contributed by atoms with Gasteiger partial charge in [0.2, 0.25) is 6.41 Å². The van der Waals surface area contributed by atoms with Crippen LogP contribution in [-0.2, 0) is 27.3 Å². The van der Waals surface area contributed by atoms with E-state index in [-0.39, 0.29) is 18.2 Å². The minimum atomic E-state index is -0.301. The van der Waals surface area contributed by atoms with Crippen LogP contribution in [0.3, 0.4) is 0 Å². The molecule has 0 fully saturated rings. The number of esters is 1. The average molecular weight is 482 g/mol. The highest BCUT2D eigenvalue weighted by Gasteiger charge is 2.15. The van der Waals surface area contributed by atoms with E-state index < -0.39 is 0 Å². The molecule has 0 aliphatic heterocycles. The Bertz CT molecular complexity index is 1560. The van der Waals surface area contributed by atoms with Crippen molar-refractivity contribution in [3.05, 3.63) is 102 Å². The summed E-state index contributed by atoms with van der Waals surface area (Å²) in [7, 11) is 0. The number of hydrogen-bond donors (Lipinski definition) is 0. The van der Waals surface area contributed by atoms with Crippen LogP contribution in [0.2, 0.25) is 0 Å². The molecule has 0 aliphatic carbocycles. The molecule has 0 aliphatic rings. The summed E-state index contributed by atoms with van der Waals surface area (Å²) >= 11 is 0. The van der Waals surface area contributed by atoms with E-state index in [4.69, 9.17) is 4.74 Å². The number of nitrogens with zero attached hydrogens (tertiary/aromatic N) is 3. The molecule has 0 spiro atoms. The van der Waals surface area contributed by atoms with E-state index in [9.17, 15) is 14.0 Å². The molecule has 0 unspecified atom stereocenters. The fourth-order valence-electron chi connectivity index (χ4n) is 4.36. The summed E-state index contributed by atoms with van der Waals surface area (Å²) in [5, 5.41) is 7.23.